The number of fused-ring (bicyclic) bond motifs is 1. The molecule has 1 aromatic heterocycles. The maximum atomic E-state index is 5.76. The predicted octanol–water partition coefficient (Wildman–Crippen LogP) is 4.27. The third-order valence-corrected chi connectivity index (χ3v) is 4.29. The quantitative estimate of drug-likeness (QED) is 0.845. The molecule has 0 radical (unpaired) electrons. The molecule has 0 unspecified atom stereocenters. The largest absolute Gasteiger partial charge is 0.423 e. The van der Waals surface area contributed by atoms with Crippen molar-refractivity contribution >= 4 is 5.69 Å². The molecular weight excluding hydrogens is 274 g/mol. The van der Waals surface area contributed by atoms with Crippen LogP contribution in [-0.2, 0) is 13.0 Å². The van der Waals surface area contributed by atoms with Gasteiger partial charge in [-0.2, -0.15) is 0 Å². The van der Waals surface area contributed by atoms with Gasteiger partial charge in [0.15, 0.2) is 0 Å². The van der Waals surface area contributed by atoms with Crippen molar-refractivity contribution in [3.05, 3.63) is 41.1 Å². The second-order valence-electron chi connectivity index (χ2n) is 6.76. The highest BCUT2D eigenvalue weighted by atomic mass is 16.4. The molecule has 118 valence electrons. The molecule has 0 spiro atoms. The van der Waals surface area contributed by atoms with Gasteiger partial charge in [-0.05, 0) is 36.0 Å². The molecule has 22 heavy (non-hydrogen) atoms. The summed E-state index contributed by atoms with van der Waals surface area (Å²) in [5.41, 5.74) is 4.18. The molecule has 2 aromatic rings. The van der Waals surface area contributed by atoms with Gasteiger partial charge in [-0.25, -0.2) is 0 Å². The number of aromatic nitrogens is 2. The first kappa shape index (κ1) is 15.1. The summed E-state index contributed by atoms with van der Waals surface area (Å²) in [6, 6.07) is 6.86. The smallest absolute Gasteiger partial charge is 0.235 e. The SMILES string of the molecule is CC(C)c1ccc2c(c1)CCCN2Cc1nnc(C(C)C)o1. The second-order valence-corrected chi connectivity index (χ2v) is 6.76. The highest BCUT2D eigenvalue weighted by molar-refractivity contribution is 5.57. The lowest BCUT2D eigenvalue weighted by Gasteiger charge is -2.30. The Labute approximate surface area is 132 Å². The number of hydrogen-bond acceptors (Lipinski definition) is 4. The third kappa shape index (κ3) is 3.01. The summed E-state index contributed by atoms with van der Waals surface area (Å²) in [6.07, 6.45) is 2.34. The number of hydrogen-bond donors (Lipinski definition) is 0. The van der Waals surface area contributed by atoms with Crippen molar-refractivity contribution in [2.45, 2.75) is 58.9 Å². The Hall–Kier alpha value is -1.84. The lowest BCUT2D eigenvalue weighted by molar-refractivity contribution is 0.426. The van der Waals surface area contributed by atoms with Gasteiger partial charge in [0, 0.05) is 18.2 Å². The fourth-order valence-electron chi connectivity index (χ4n) is 2.95. The van der Waals surface area contributed by atoms with Gasteiger partial charge in [-0.1, -0.05) is 39.8 Å². The number of aryl methyl sites for hydroxylation is 1. The Kier molecular flexibility index (Phi) is 4.19. The molecule has 4 heteroatoms. The standard InChI is InChI=1S/C18H25N3O/c1-12(2)14-7-8-16-15(10-14)6-5-9-21(16)11-17-19-20-18(22-17)13(3)4/h7-8,10,12-13H,5-6,9,11H2,1-4H3. The molecule has 0 N–H and O–H groups in total. The van der Waals surface area contributed by atoms with Crippen molar-refractivity contribution < 1.29 is 4.42 Å². The van der Waals surface area contributed by atoms with Gasteiger partial charge in [0.2, 0.25) is 11.8 Å². The van der Waals surface area contributed by atoms with E-state index < -0.39 is 0 Å². The van der Waals surface area contributed by atoms with Gasteiger partial charge < -0.3 is 9.32 Å². The van der Waals surface area contributed by atoms with E-state index in [9.17, 15) is 0 Å². The minimum atomic E-state index is 0.281. The summed E-state index contributed by atoms with van der Waals surface area (Å²) in [5.74, 6) is 2.29. The zero-order chi connectivity index (χ0) is 15.7. The van der Waals surface area contributed by atoms with E-state index in [2.05, 4.69) is 61.0 Å². The molecule has 1 aliphatic heterocycles. The summed E-state index contributed by atoms with van der Waals surface area (Å²) in [7, 11) is 0. The van der Waals surface area contributed by atoms with Crippen molar-refractivity contribution in [1.82, 2.24) is 10.2 Å². The van der Waals surface area contributed by atoms with Crippen LogP contribution in [0.25, 0.3) is 0 Å². The normalized spacial score (nSPS) is 14.7. The summed E-state index contributed by atoms with van der Waals surface area (Å²) in [4.78, 5) is 2.36. The van der Waals surface area contributed by atoms with Crippen molar-refractivity contribution in [2.24, 2.45) is 0 Å². The number of nitrogens with zero attached hydrogens (tertiary/aromatic N) is 3. The fraction of sp³-hybridized carbons (Fsp3) is 0.556. The first-order valence-electron chi connectivity index (χ1n) is 8.24. The molecule has 0 atom stereocenters. The van der Waals surface area contributed by atoms with Crippen LogP contribution in [0.3, 0.4) is 0 Å². The highest BCUT2D eigenvalue weighted by Gasteiger charge is 2.20. The summed E-state index contributed by atoms with van der Waals surface area (Å²) >= 11 is 0. The molecule has 1 aliphatic rings. The van der Waals surface area contributed by atoms with E-state index in [1.165, 1.54) is 23.2 Å². The molecule has 4 nitrogen and oxygen atoms in total. The zero-order valence-corrected chi connectivity index (χ0v) is 14.0. The number of rotatable bonds is 4. The molecule has 0 amide bonds. The monoisotopic (exact) mass is 299 g/mol. The summed E-state index contributed by atoms with van der Waals surface area (Å²) < 4.78 is 5.76. The van der Waals surface area contributed by atoms with E-state index >= 15 is 0 Å². The number of benzene rings is 1. The van der Waals surface area contributed by atoms with Crippen LogP contribution in [0.1, 0.15) is 68.9 Å². The van der Waals surface area contributed by atoms with E-state index in [4.69, 9.17) is 4.42 Å². The van der Waals surface area contributed by atoms with Crippen LogP contribution in [0.2, 0.25) is 0 Å². The van der Waals surface area contributed by atoms with Crippen molar-refractivity contribution in [2.75, 3.05) is 11.4 Å². The first-order chi connectivity index (χ1) is 10.5. The first-order valence-corrected chi connectivity index (χ1v) is 8.24. The summed E-state index contributed by atoms with van der Waals surface area (Å²) in [5, 5.41) is 8.32. The van der Waals surface area contributed by atoms with E-state index in [1.54, 1.807) is 0 Å². The van der Waals surface area contributed by atoms with E-state index in [1.807, 2.05) is 0 Å². The maximum absolute atomic E-state index is 5.76. The van der Waals surface area contributed by atoms with Gasteiger partial charge in [0.05, 0.1) is 6.54 Å². The van der Waals surface area contributed by atoms with E-state index in [0.29, 0.717) is 18.4 Å². The molecule has 2 heterocycles. The van der Waals surface area contributed by atoms with Crippen LogP contribution in [0.15, 0.2) is 22.6 Å². The van der Waals surface area contributed by atoms with Gasteiger partial charge in [-0.15, -0.1) is 10.2 Å². The molecule has 0 fully saturated rings. The fourth-order valence-corrected chi connectivity index (χ4v) is 2.95. The van der Waals surface area contributed by atoms with Gasteiger partial charge in [-0.3, -0.25) is 0 Å². The van der Waals surface area contributed by atoms with Crippen LogP contribution in [-0.4, -0.2) is 16.7 Å². The molecule has 1 aromatic carbocycles. The lowest BCUT2D eigenvalue weighted by Crippen LogP contribution is -2.29. The Morgan fingerprint density at radius 2 is 1.95 bits per heavy atom. The zero-order valence-electron chi connectivity index (χ0n) is 14.0. The lowest BCUT2D eigenvalue weighted by atomic mass is 9.95. The van der Waals surface area contributed by atoms with Gasteiger partial charge >= 0.3 is 0 Å². The molecule has 0 saturated heterocycles. The van der Waals surface area contributed by atoms with Crippen LogP contribution >= 0.6 is 0 Å². The van der Waals surface area contributed by atoms with Crippen LogP contribution < -0.4 is 4.90 Å². The third-order valence-electron chi connectivity index (χ3n) is 4.29. The molecular formula is C18H25N3O. The van der Waals surface area contributed by atoms with E-state index in [-0.39, 0.29) is 5.92 Å². The van der Waals surface area contributed by atoms with Crippen LogP contribution in [0.5, 0.6) is 0 Å². The van der Waals surface area contributed by atoms with Crippen molar-refractivity contribution in [3.8, 4) is 0 Å². The Morgan fingerprint density at radius 3 is 2.64 bits per heavy atom. The molecule has 3 rings (SSSR count). The molecule has 0 bridgehead atoms. The highest BCUT2D eigenvalue weighted by Crippen LogP contribution is 2.31. The molecule has 0 saturated carbocycles. The van der Waals surface area contributed by atoms with Crippen molar-refractivity contribution in [3.63, 3.8) is 0 Å². The Morgan fingerprint density at radius 1 is 1.14 bits per heavy atom. The Balaban J connectivity index is 1.81. The number of anilines is 1. The van der Waals surface area contributed by atoms with Crippen molar-refractivity contribution in [1.29, 1.82) is 0 Å². The van der Waals surface area contributed by atoms with Crippen LogP contribution in [0, 0.1) is 0 Å². The molecule has 0 aliphatic carbocycles. The Bertz CT molecular complexity index is 646. The average molecular weight is 299 g/mol. The predicted molar refractivity (Wildman–Crippen MR) is 88.3 cm³/mol. The minimum Gasteiger partial charge on any atom is -0.423 e. The minimum absolute atomic E-state index is 0.281. The van der Waals surface area contributed by atoms with E-state index in [0.717, 1.165) is 18.9 Å². The maximum Gasteiger partial charge on any atom is 0.235 e. The summed E-state index contributed by atoms with van der Waals surface area (Å²) in [6.45, 7) is 10.4. The second kappa shape index (κ2) is 6.11. The average Bonchev–Trinajstić information content (AvgIpc) is 2.96. The van der Waals surface area contributed by atoms with Crippen LogP contribution in [0.4, 0.5) is 5.69 Å². The topological polar surface area (TPSA) is 42.2 Å². The van der Waals surface area contributed by atoms with Gasteiger partial charge in [0.1, 0.15) is 0 Å². The van der Waals surface area contributed by atoms with Gasteiger partial charge in [0.25, 0.3) is 0 Å².